The van der Waals surface area contributed by atoms with E-state index in [-0.39, 0.29) is 5.41 Å². The Hall–Kier alpha value is -0.120. The molecule has 84 valence electrons. The maximum atomic E-state index is 5.70. The third kappa shape index (κ3) is 2.10. The van der Waals surface area contributed by atoms with Crippen LogP contribution in [0.1, 0.15) is 40.5 Å². The highest BCUT2D eigenvalue weighted by Crippen LogP contribution is 2.45. The number of hydrogen-bond donors (Lipinski definition) is 1. The van der Waals surface area contributed by atoms with Crippen LogP contribution in [0.3, 0.4) is 0 Å². The van der Waals surface area contributed by atoms with Crippen molar-refractivity contribution in [2.24, 2.45) is 5.41 Å². The Morgan fingerprint density at radius 1 is 1.29 bits per heavy atom. The molecule has 1 aliphatic rings. The maximum Gasteiger partial charge on any atom is 0.0660 e. The second kappa shape index (κ2) is 5.10. The van der Waals surface area contributed by atoms with E-state index in [4.69, 9.17) is 9.57 Å². The highest BCUT2D eigenvalue weighted by Gasteiger charge is 2.51. The Labute approximate surface area is 87.1 Å². The molecule has 0 spiro atoms. The van der Waals surface area contributed by atoms with Crippen LogP contribution in [0, 0.1) is 5.41 Å². The number of ether oxygens (including phenoxy) is 1. The second-order valence-corrected chi connectivity index (χ2v) is 4.14. The molecule has 1 rings (SSSR count). The lowest BCUT2D eigenvalue weighted by atomic mass is 9.62. The van der Waals surface area contributed by atoms with Gasteiger partial charge in [0.15, 0.2) is 0 Å². The largest absolute Gasteiger partial charge is 0.378 e. The van der Waals surface area contributed by atoms with Crippen LogP contribution in [0.2, 0.25) is 0 Å². The van der Waals surface area contributed by atoms with Crippen molar-refractivity contribution >= 4 is 0 Å². The van der Waals surface area contributed by atoms with E-state index in [0.717, 1.165) is 26.1 Å². The van der Waals surface area contributed by atoms with Crippen LogP contribution in [0.15, 0.2) is 0 Å². The maximum absolute atomic E-state index is 5.70. The van der Waals surface area contributed by atoms with Crippen LogP contribution >= 0.6 is 0 Å². The van der Waals surface area contributed by atoms with Crippen LogP contribution in [0.5, 0.6) is 0 Å². The summed E-state index contributed by atoms with van der Waals surface area (Å²) >= 11 is 0. The third-order valence-electron chi connectivity index (χ3n) is 3.48. The molecule has 3 heteroatoms. The molecule has 1 N–H and O–H groups in total. The van der Waals surface area contributed by atoms with Crippen molar-refractivity contribution < 1.29 is 9.57 Å². The molecule has 1 fully saturated rings. The average molecular weight is 201 g/mol. The van der Waals surface area contributed by atoms with Gasteiger partial charge in [-0.1, -0.05) is 13.8 Å². The predicted octanol–water partition coefficient (Wildman–Crippen LogP) is 2.12. The molecule has 0 aromatic rings. The fourth-order valence-electron chi connectivity index (χ4n) is 2.12. The first kappa shape index (κ1) is 12.0. The van der Waals surface area contributed by atoms with E-state index in [2.05, 4.69) is 26.3 Å². The molecule has 0 heterocycles. The monoisotopic (exact) mass is 201 g/mol. The summed E-state index contributed by atoms with van der Waals surface area (Å²) in [5, 5.41) is 0. The minimum atomic E-state index is 0.241. The highest BCUT2D eigenvalue weighted by atomic mass is 16.6. The van der Waals surface area contributed by atoms with E-state index < -0.39 is 0 Å². The van der Waals surface area contributed by atoms with E-state index in [1.54, 1.807) is 0 Å². The van der Waals surface area contributed by atoms with Gasteiger partial charge in [0.2, 0.25) is 0 Å². The summed E-state index contributed by atoms with van der Waals surface area (Å²) < 4.78 is 5.70. The van der Waals surface area contributed by atoms with Crippen molar-refractivity contribution in [3.05, 3.63) is 0 Å². The lowest BCUT2D eigenvalue weighted by Gasteiger charge is -2.53. The number of hydrogen-bond acceptors (Lipinski definition) is 3. The molecule has 3 atom stereocenters. The van der Waals surface area contributed by atoms with Crippen molar-refractivity contribution in [3.63, 3.8) is 0 Å². The van der Waals surface area contributed by atoms with E-state index in [1.807, 2.05) is 6.92 Å². The fourth-order valence-corrected chi connectivity index (χ4v) is 2.12. The zero-order valence-corrected chi connectivity index (χ0v) is 9.80. The van der Waals surface area contributed by atoms with Crippen LogP contribution in [0.25, 0.3) is 0 Å². The minimum absolute atomic E-state index is 0.241. The predicted molar refractivity (Wildman–Crippen MR) is 57.0 cm³/mol. The van der Waals surface area contributed by atoms with Gasteiger partial charge in [-0.15, -0.1) is 0 Å². The standard InChI is InChI=1S/C11H23NO2/c1-5-11(4)9(12-14-7-3)8-10(11)13-6-2/h9-10,12H,5-8H2,1-4H3. The summed E-state index contributed by atoms with van der Waals surface area (Å²) in [4.78, 5) is 5.26. The highest BCUT2D eigenvalue weighted by molar-refractivity contribution is 5.03. The molecule has 0 radical (unpaired) electrons. The van der Waals surface area contributed by atoms with Crippen molar-refractivity contribution in [2.75, 3.05) is 13.2 Å². The van der Waals surface area contributed by atoms with Crippen LogP contribution in [-0.2, 0) is 9.57 Å². The zero-order valence-electron chi connectivity index (χ0n) is 9.80. The average Bonchev–Trinajstić information content (AvgIpc) is 2.21. The molecule has 0 aromatic carbocycles. The molecular formula is C11H23NO2. The zero-order chi connectivity index (χ0) is 10.6. The van der Waals surface area contributed by atoms with Gasteiger partial charge in [-0.25, -0.2) is 0 Å². The molecule has 1 saturated carbocycles. The smallest absolute Gasteiger partial charge is 0.0660 e. The van der Waals surface area contributed by atoms with E-state index in [1.165, 1.54) is 0 Å². The van der Waals surface area contributed by atoms with Crippen molar-refractivity contribution in [2.45, 2.75) is 52.7 Å². The van der Waals surface area contributed by atoms with E-state index >= 15 is 0 Å². The summed E-state index contributed by atoms with van der Waals surface area (Å²) in [6, 6.07) is 0.448. The molecule has 0 aliphatic heterocycles. The Balaban J connectivity index is 2.42. The van der Waals surface area contributed by atoms with Crippen molar-refractivity contribution in [1.29, 1.82) is 0 Å². The fraction of sp³-hybridized carbons (Fsp3) is 1.00. The van der Waals surface area contributed by atoms with Crippen LogP contribution in [0.4, 0.5) is 0 Å². The topological polar surface area (TPSA) is 30.5 Å². The molecule has 3 nitrogen and oxygen atoms in total. The summed E-state index contributed by atoms with van der Waals surface area (Å²) in [5.74, 6) is 0. The SMILES string of the molecule is CCONC1CC(OCC)C1(C)CC. The number of nitrogens with one attached hydrogen (secondary N) is 1. The summed E-state index contributed by atoms with van der Waals surface area (Å²) in [6.07, 6.45) is 2.59. The van der Waals surface area contributed by atoms with Gasteiger partial charge >= 0.3 is 0 Å². The van der Waals surface area contributed by atoms with Crippen molar-refractivity contribution in [1.82, 2.24) is 5.48 Å². The molecule has 0 amide bonds. The van der Waals surface area contributed by atoms with E-state index in [0.29, 0.717) is 12.1 Å². The van der Waals surface area contributed by atoms with Gasteiger partial charge in [0.1, 0.15) is 0 Å². The third-order valence-corrected chi connectivity index (χ3v) is 3.48. The first-order valence-corrected chi connectivity index (χ1v) is 5.67. The molecule has 0 aromatic heterocycles. The van der Waals surface area contributed by atoms with Gasteiger partial charge in [0.25, 0.3) is 0 Å². The lowest BCUT2D eigenvalue weighted by molar-refractivity contribution is -0.163. The second-order valence-electron chi connectivity index (χ2n) is 4.14. The van der Waals surface area contributed by atoms with Gasteiger partial charge in [0, 0.05) is 18.1 Å². The first-order valence-electron chi connectivity index (χ1n) is 5.67. The van der Waals surface area contributed by atoms with E-state index in [9.17, 15) is 0 Å². The Bertz CT molecular complexity index is 175. The Kier molecular flexibility index (Phi) is 4.35. The molecular weight excluding hydrogens is 178 g/mol. The Morgan fingerprint density at radius 3 is 2.50 bits per heavy atom. The first-order chi connectivity index (χ1) is 6.69. The summed E-state index contributed by atoms with van der Waals surface area (Å²) in [7, 11) is 0. The number of rotatable bonds is 6. The molecule has 3 unspecified atom stereocenters. The van der Waals surface area contributed by atoms with Gasteiger partial charge in [-0.3, -0.25) is 0 Å². The normalized spacial score (nSPS) is 36.9. The molecule has 1 aliphatic carbocycles. The van der Waals surface area contributed by atoms with Gasteiger partial charge in [-0.2, -0.15) is 5.48 Å². The quantitative estimate of drug-likeness (QED) is 0.668. The summed E-state index contributed by atoms with van der Waals surface area (Å²) in [6.45, 7) is 10.1. The molecule has 0 saturated heterocycles. The van der Waals surface area contributed by atoms with Crippen molar-refractivity contribution in [3.8, 4) is 0 Å². The van der Waals surface area contributed by atoms with Gasteiger partial charge in [0.05, 0.1) is 12.7 Å². The lowest BCUT2D eigenvalue weighted by Crippen LogP contribution is -2.62. The minimum Gasteiger partial charge on any atom is -0.378 e. The molecule has 14 heavy (non-hydrogen) atoms. The van der Waals surface area contributed by atoms with Gasteiger partial charge in [-0.05, 0) is 26.7 Å². The number of hydroxylamine groups is 1. The molecule has 0 bridgehead atoms. The van der Waals surface area contributed by atoms with Gasteiger partial charge < -0.3 is 9.57 Å². The van der Waals surface area contributed by atoms with Crippen LogP contribution < -0.4 is 5.48 Å². The van der Waals surface area contributed by atoms with Crippen LogP contribution in [-0.4, -0.2) is 25.4 Å². The summed E-state index contributed by atoms with van der Waals surface area (Å²) in [5.41, 5.74) is 3.36. The Morgan fingerprint density at radius 2 is 2.00 bits per heavy atom.